The van der Waals surface area contributed by atoms with E-state index >= 15 is 0 Å². The molecule has 1 aromatic carbocycles. The number of ketones is 1. The van der Waals surface area contributed by atoms with Crippen LogP contribution in [0, 0.1) is 0 Å². The normalized spacial score (nSPS) is 17.8. The molecule has 1 atom stereocenters. The first kappa shape index (κ1) is 16.8. The Morgan fingerprint density at radius 2 is 2.05 bits per heavy atom. The van der Waals surface area contributed by atoms with Crippen molar-refractivity contribution in [3.8, 4) is 11.5 Å². The maximum absolute atomic E-state index is 12.1. The predicted molar refractivity (Wildman–Crippen MR) is 82.7 cm³/mol. The fourth-order valence-corrected chi connectivity index (χ4v) is 2.27. The number of hydrogen-bond donors (Lipinski definition) is 1. The Morgan fingerprint density at radius 3 is 2.73 bits per heavy atom. The standard InChI is InChI=1S/C17H24O5/c1-11(2)20-9-12(18)10-21-13-5-6-14-15(19)8-17(3,4)22-16(14)7-13/h5-7,11-12,18H,8-10H2,1-4H3. The number of carbonyl (C=O) groups is 1. The van der Waals surface area contributed by atoms with Gasteiger partial charge in [-0.3, -0.25) is 4.79 Å². The van der Waals surface area contributed by atoms with Crippen LogP contribution in [0.1, 0.15) is 44.5 Å². The molecule has 1 unspecified atom stereocenters. The number of rotatable bonds is 6. The summed E-state index contributed by atoms with van der Waals surface area (Å²) in [5.74, 6) is 1.17. The van der Waals surface area contributed by atoms with Crippen LogP contribution in [0.4, 0.5) is 0 Å². The molecule has 22 heavy (non-hydrogen) atoms. The second kappa shape index (κ2) is 6.67. The summed E-state index contributed by atoms with van der Waals surface area (Å²) in [6.07, 6.45) is -0.261. The quantitative estimate of drug-likeness (QED) is 0.875. The Kier molecular flexibility index (Phi) is 5.08. The average Bonchev–Trinajstić information content (AvgIpc) is 2.41. The van der Waals surface area contributed by atoms with Crippen LogP contribution in [0.15, 0.2) is 18.2 Å². The van der Waals surface area contributed by atoms with E-state index in [0.29, 0.717) is 23.5 Å². The third kappa shape index (κ3) is 4.45. The first-order valence-electron chi connectivity index (χ1n) is 7.55. The predicted octanol–water partition coefficient (Wildman–Crippen LogP) is 2.60. The largest absolute Gasteiger partial charge is 0.491 e. The van der Waals surface area contributed by atoms with Crippen LogP contribution in [0.25, 0.3) is 0 Å². The third-order valence-corrected chi connectivity index (χ3v) is 3.29. The molecule has 1 heterocycles. The van der Waals surface area contributed by atoms with Gasteiger partial charge in [-0.15, -0.1) is 0 Å². The number of hydrogen-bond acceptors (Lipinski definition) is 5. The van der Waals surface area contributed by atoms with Gasteiger partial charge in [0.25, 0.3) is 0 Å². The topological polar surface area (TPSA) is 65.0 Å². The van der Waals surface area contributed by atoms with E-state index in [9.17, 15) is 9.90 Å². The van der Waals surface area contributed by atoms with Gasteiger partial charge in [0, 0.05) is 6.07 Å². The number of aliphatic hydroxyl groups excluding tert-OH is 1. The van der Waals surface area contributed by atoms with Crippen molar-refractivity contribution in [3.63, 3.8) is 0 Å². The van der Waals surface area contributed by atoms with Crippen molar-refractivity contribution in [1.29, 1.82) is 0 Å². The fourth-order valence-electron chi connectivity index (χ4n) is 2.27. The Bertz CT molecular complexity index is 536. The summed E-state index contributed by atoms with van der Waals surface area (Å²) >= 11 is 0. The molecule has 0 spiro atoms. The lowest BCUT2D eigenvalue weighted by Gasteiger charge is -2.31. The molecule has 1 aromatic rings. The van der Waals surface area contributed by atoms with Crippen molar-refractivity contribution in [3.05, 3.63) is 23.8 Å². The second-order valence-electron chi connectivity index (χ2n) is 6.47. The van der Waals surface area contributed by atoms with E-state index in [1.807, 2.05) is 27.7 Å². The van der Waals surface area contributed by atoms with E-state index in [2.05, 4.69) is 0 Å². The summed E-state index contributed by atoms with van der Waals surface area (Å²) in [7, 11) is 0. The number of aliphatic hydroxyl groups is 1. The van der Waals surface area contributed by atoms with Crippen LogP contribution in [0.5, 0.6) is 11.5 Å². The average molecular weight is 308 g/mol. The van der Waals surface area contributed by atoms with Gasteiger partial charge in [-0.05, 0) is 39.8 Å². The Balaban J connectivity index is 1.98. The maximum atomic E-state index is 12.1. The van der Waals surface area contributed by atoms with Crippen LogP contribution in [0.2, 0.25) is 0 Å². The zero-order valence-electron chi connectivity index (χ0n) is 13.6. The van der Waals surface area contributed by atoms with E-state index in [0.717, 1.165) is 0 Å². The zero-order valence-corrected chi connectivity index (χ0v) is 13.6. The molecule has 0 saturated heterocycles. The summed E-state index contributed by atoms with van der Waals surface area (Å²) in [6, 6.07) is 5.12. The summed E-state index contributed by atoms with van der Waals surface area (Å²) in [6.45, 7) is 7.94. The van der Waals surface area contributed by atoms with E-state index < -0.39 is 11.7 Å². The van der Waals surface area contributed by atoms with Crippen LogP contribution < -0.4 is 9.47 Å². The molecule has 0 bridgehead atoms. The van der Waals surface area contributed by atoms with Crippen molar-refractivity contribution in [1.82, 2.24) is 0 Å². The highest BCUT2D eigenvalue weighted by Gasteiger charge is 2.32. The smallest absolute Gasteiger partial charge is 0.170 e. The van der Waals surface area contributed by atoms with Gasteiger partial charge in [-0.25, -0.2) is 0 Å². The van der Waals surface area contributed by atoms with Crippen molar-refractivity contribution in [2.75, 3.05) is 13.2 Å². The van der Waals surface area contributed by atoms with Crippen molar-refractivity contribution < 1.29 is 24.1 Å². The minimum atomic E-state index is -0.697. The first-order chi connectivity index (χ1) is 10.3. The zero-order chi connectivity index (χ0) is 16.3. The molecule has 1 aliphatic rings. The van der Waals surface area contributed by atoms with E-state index in [-0.39, 0.29) is 25.1 Å². The SMILES string of the molecule is CC(C)OCC(O)COc1ccc2c(c1)OC(C)(C)CC2=O. The molecule has 1 N–H and O–H groups in total. The first-order valence-corrected chi connectivity index (χ1v) is 7.55. The monoisotopic (exact) mass is 308 g/mol. The van der Waals surface area contributed by atoms with Gasteiger partial charge in [-0.2, -0.15) is 0 Å². The minimum absolute atomic E-state index is 0.0695. The second-order valence-corrected chi connectivity index (χ2v) is 6.47. The fraction of sp³-hybridized carbons (Fsp3) is 0.588. The molecule has 0 aromatic heterocycles. The molecule has 0 aliphatic carbocycles. The van der Waals surface area contributed by atoms with Gasteiger partial charge in [0.1, 0.15) is 29.8 Å². The molecule has 0 saturated carbocycles. The van der Waals surface area contributed by atoms with Crippen LogP contribution in [-0.4, -0.2) is 41.9 Å². The van der Waals surface area contributed by atoms with Crippen LogP contribution in [-0.2, 0) is 4.74 Å². The highest BCUT2D eigenvalue weighted by atomic mass is 16.5. The van der Waals surface area contributed by atoms with Gasteiger partial charge in [0.05, 0.1) is 24.7 Å². The maximum Gasteiger partial charge on any atom is 0.170 e. The molecular formula is C17H24O5. The molecule has 0 amide bonds. The number of ether oxygens (including phenoxy) is 3. The van der Waals surface area contributed by atoms with E-state index in [1.54, 1.807) is 18.2 Å². The third-order valence-electron chi connectivity index (χ3n) is 3.29. The number of Topliss-reactive ketones (excluding diaryl/α,β-unsaturated/α-hetero) is 1. The van der Waals surface area contributed by atoms with Crippen LogP contribution in [0.3, 0.4) is 0 Å². The van der Waals surface area contributed by atoms with Gasteiger partial charge in [0.2, 0.25) is 0 Å². The van der Waals surface area contributed by atoms with E-state index in [1.165, 1.54) is 0 Å². The van der Waals surface area contributed by atoms with Gasteiger partial charge in [-0.1, -0.05) is 0 Å². The summed E-state index contributed by atoms with van der Waals surface area (Å²) in [4.78, 5) is 12.1. The minimum Gasteiger partial charge on any atom is -0.491 e. The van der Waals surface area contributed by atoms with Gasteiger partial charge < -0.3 is 19.3 Å². The number of fused-ring (bicyclic) bond motifs is 1. The molecule has 122 valence electrons. The molecule has 5 nitrogen and oxygen atoms in total. The Morgan fingerprint density at radius 1 is 1.32 bits per heavy atom. The van der Waals surface area contributed by atoms with Crippen molar-refractivity contribution >= 4 is 5.78 Å². The summed E-state index contributed by atoms with van der Waals surface area (Å²) < 4.78 is 16.7. The Labute approximate surface area is 131 Å². The van der Waals surface area contributed by atoms with Crippen molar-refractivity contribution in [2.24, 2.45) is 0 Å². The Hall–Kier alpha value is -1.59. The van der Waals surface area contributed by atoms with Crippen LogP contribution >= 0.6 is 0 Å². The van der Waals surface area contributed by atoms with E-state index in [4.69, 9.17) is 14.2 Å². The number of carbonyl (C=O) groups excluding carboxylic acids is 1. The lowest BCUT2D eigenvalue weighted by atomic mass is 9.93. The van der Waals surface area contributed by atoms with Gasteiger partial charge >= 0.3 is 0 Å². The number of benzene rings is 1. The lowest BCUT2D eigenvalue weighted by molar-refractivity contribution is -0.0123. The molecule has 0 radical (unpaired) electrons. The highest BCUT2D eigenvalue weighted by Crippen LogP contribution is 2.35. The molecular weight excluding hydrogens is 284 g/mol. The molecule has 2 rings (SSSR count). The highest BCUT2D eigenvalue weighted by molar-refractivity contribution is 6.00. The summed E-state index contributed by atoms with van der Waals surface area (Å²) in [5, 5.41) is 9.79. The molecule has 0 fully saturated rings. The molecule has 5 heteroatoms. The van der Waals surface area contributed by atoms with Gasteiger partial charge in [0.15, 0.2) is 5.78 Å². The van der Waals surface area contributed by atoms with Crippen molar-refractivity contribution in [2.45, 2.75) is 51.9 Å². The lowest BCUT2D eigenvalue weighted by Crippen LogP contribution is -2.35. The molecule has 1 aliphatic heterocycles. The summed E-state index contributed by atoms with van der Waals surface area (Å²) in [5.41, 5.74) is 0.0724.